The highest BCUT2D eigenvalue weighted by atomic mass is 16.1. The summed E-state index contributed by atoms with van der Waals surface area (Å²) in [4.78, 5) is 12.5. The van der Waals surface area contributed by atoms with Crippen LogP contribution in [0.15, 0.2) is 18.3 Å². The van der Waals surface area contributed by atoms with Gasteiger partial charge in [0.15, 0.2) is 5.78 Å². The number of carbonyl (C=O) groups is 1. The average molecular weight is 262 g/mol. The predicted octanol–water partition coefficient (Wildman–Crippen LogP) is 3.42. The summed E-state index contributed by atoms with van der Waals surface area (Å²) >= 11 is 0. The fourth-order valence-corrected chi connectivity index (χ4v) is 2.98. The zero-order valence-electron chi connectivity index (χ0n) is 12.2. The number of nitrogens with one attached hydrogen (secondary N) is 1. The fourth-order valence-electron chi connectivity index (χ4n) is 2.98. The molecule has 3 heteroatoms. The highest BCUT2D eigenvalue weighted by Gasteiger charge is 2.21. The molecule has 0 bridgehead atoms. The van der Waals surface area contributed by atoms with Gasteiger partial charge in [0, 0.05) is 18.7 Å². The van der Waals surface area contributed by atoms with Crippen LogP contribution >= 0.6 is 0 Å². The molecule has 1 fully saturated rings. The number of Topliss-reactive ketones (excluding diaryl/α,β-unsaturated/α-hetero) is 1. The van der Waals surface area contributed by atoms with E-state index in [0.717, 1.165) is 44.5 Å². The minimum Gasteiger partial charge on any atom is -0.342 e. The second-order valence-corrected chi connectivity index (χ2v) is 5.59. The van der Waals surface area contributed by atoms with Crippen molar-refractivity contribution in [1.29, 1.82) is 0 Å². The van der Waals surface area contributed by atoms with Crippen molar-refractivity contribution in [2.24, 2.45) is 5.92 Å². The van der Waals surface area contributed by atoms with Crippen LogP contribution in [-0.4, -0.2) is 23.4 Å². The molecule has 0 amide bonds. The van der Waals surface area contributed by atoms with Crippen molar-refractivity contribution in [3.05, 3.63) is 24.0 Å². The van der Waals surface area contributed by atoms with Crippen molar-refractivity contribution in [2.75, 3.05) is 13.1 Å². The zero-order valence-corrected chi connectivity index (χ0v) is 12.2. The number of carbonyl (C=O) groups excluding carboxylic acids is 1. The van der Waals surface area contributed by atoms with Gasteiger partial charge in [-0.15, -0.1) is 0 Å². The SMILES string of the molecule is CCC(CC)CC(=O)c1cccn1C1CCNCC1. The molecule has 0 aromatic carbocycles. The van der Waals surface area contributed by atoms with Gasteiger partial charge in [0.2, 0.25) is 0 Å². The molecule has 1 aliphatic heterocycles. The largest absolute Gasteiger partial charge is 0.342 e. The maximum absolute atomic E-state index is 12.5. The molecule has 2 heterocycles. The molecule has 19 heavy (non-hydrogen) atoms. The summed E-state index contributed by atoms with van der Waals surface area (Å²) in [5.41, 5.74) is 0.916. The van der Waals surface area contributed by atoms with E-state index in [-0.39, 0.29) is 0 Å². The Morgan fingerprint density at radius 3 is 2.68 bits per heavy atom. The first-order chi connectivity index (χ1) is 9.26. The quantitative estimate of drug-likeness (QED) is 0.797. The number of aromatic nitrogens is 1. The van der Waals surface area contributed by atoms with E-state index in [2.05, 4.69) is 29.9 Å². The van der Waals surface area contributed by atoms with Crippen molar-refractivity contribution in [3.8, 4) is 0 Å². The standard InChI is InChI=1S/C16H26N2O/c1-3-13(4-2)12-16(19)15-6-5-11-18(15)14-7-9-17-10-8-14/h5-6,11,13-14,17H,3-4,7-10,12H2,1-2H3. The van der Waals surface area contributed by atoms with E-state index < -0.39 is 0 Å². The predicted molar refractivity (Wildman–Crippen MR) is 78.6 cm³/mol. The lowest BCUT2D eigenvalue weighted by molar-refractivity contribution is 0.0946. The first-order valence-electron chi connectivity index (χ1n) is 7.67. The number of hydrogen-bond donors (Lipinski definition) is 1. The Morgan fingerprint density at radius 1 is 1.37 bits per heavy atom. The molecule has 2 rings (SSSR count). The number of ketones is 1. The molecule has 0 atom stereocenters. The topological polar surface area (TPSA) is 34.0 Å². The molecular formula is C16H26N2O. The van der Waals surface area contributed by atoms with Gasteiger partial charge in [0.05, 0.1) is 5.69 Å². The third-order valence-electron chi connectivity index (χ3n) is 4.40. The molecule has 1 aliphatic rings. The second-order valence-electron chi connectivity index (χ2n) is 5.59. The smallest absolute Gasteiger partial charge is 0.179 e. The van der Waals surface area contributed by atoms with Crippen LogP contribution in [0.25, 0.3) is 0 Å². The Morgan fingerprint density at radius 2 is 2.05 bits per heavy atom. The van der Waals surface area contributed by atoms with Crippen molar-refractivity contribution >= 4 is 5.78 Å². The number of rotatable bonds is 6. The van der Waals surface area contributed by atoms with E-state index in [9.17, 15) is 4.79 Å². The summed E-state index contributed by atoms with van der Waals surface area (Å²) in [5.74, 6) is 0.848. The molecule has 1 aromatic rings. The Kier molecular flexibility index (Phi) is 5.20. The van der Waals surface area contributed by atoms with Crippen LogP contribution in [0.5, 0.6) is 0 Å². The lowest BCUT2D eigenvalue weighted by Crippen LogP contribution is -2.30. The maximum atomic E-state index is 12.5. The molecule has 0 saturated carbocycles. The van der Waals surface area contributed by atoms with Crippen LogP contribution in [0.4, 0.5) is 0 Å². The molecule has 0 spiro atoms. The van der Waals surface area contributed by atoms with Gasteiger partial charge in [0.25, 0.3) is 0 Å². The van der Waals surface area contributed by atoms with Gasteiger partial charge in [-0.1, -0.05) is 26.7 Å². The Labute approximate surface area is 116 Å². The molecule has 1 aromatic heterocycles. The zero-order chi connectivity index (χ0) is 13.7. The fraction of sp³-hybridized carbons (Fsp3) is 0.688. The lowest BCUT2D eigenvalue weighted by Gasteiger charge is -2.26. The second kappa shape index (κ2) is 6.90. The average Bonchev–Trinajstić information content (AvgIpc) is 2.95. The van der Waals surface area contributed by atoms with E-state index >= 15 is 0 Å². The van der Waals surface area contributed by atoms with Crippen LogP contribution in [0, 0.1) is 5.92 Å². The lowest BCUT2D eigenvalue weighted by atomic mass is 9.95. The highest BCUT2D eigenvalue weighted by molar-refractivity contribution is 5.94. The van der Waals surface area contributed by atoms with Gasteiger partial charge in [-0.3, -0.25) is 4.79 Å². The van der Waals surface area contributed by atoms with Crippen LogP contribution in [0.3, 0.4) is 0 Å². The van der Waals surface area contributed by atoms with Gasteiger partial charge in [-0.2, -0.15) is 0 Å². The van der Waals surface area contributed by atoms with Crippen LogP contribution in [0.2, 0.25) is 0 Å². The summed E-state index contributed by atoms with van der Waals surface area (Å²) in [6.45, 7) is 6.46. The highest BCUT2D eigenvalue weighted by Crippen LogP contribution is 2.23. The van der Waals surface area contributed by atoms with Crippen LogP contribution < -0.4 is 5.32 Å². The normalized spacial score (nSPS) is 17.0. The van der Waals surface area contributed by atoms with Gasteiger partial charge in [0.1, 0.15) is 0 Å². The molecule has 0 unspecified atom stereocenters. The Bertz CT molecular complexity index is 401. The van der Waals surface area contributed by atoms with E-state index in [1.807, 2.05) is 12.1 Å². The number of piperidine rings is 1. The molecule has 1 saturated heterocycles. The maximum Gasteiger partial charge on any atom is 0.179 e. The molecule has 1 N–H and O–H groups in total. The van der Waals surface area contributed by atoms with Gasteiger partial charge in [-0.25, -0.2) is 0 Å². The minimum absolute atomic E-state index is 0.317. The summed E-state index contributed by atoms with van der Waals surface area (Å²) in [6, 6.07) is 4.51. The van der Waals surface area contributed by atoms with Gasteiger partial charge >= 0.3 is 0 Å². The van der Waals surface area contributed by atoms with E-state index in [0.29, 0.717) is 24.2 Å². The van der Waals surface area contributed by atoms with E-state index in [4.69, 9.17) is 0 Å². The molecular weight excluding hydrogens is 236 g/mol. The Hall–Kier alpha value is -1.09. The van der Waals surface area contributed by atoms with Crippen molar-refractivity contribution in [3.63, 3.8) is 0 Å². The third kappa shape index (κ3) is 3.47. The molecule has 0 aliphatic carbocycles. The number of hydrogen-bond acceptors (Lipinski definition) is 2. The minimum atomic E-state index is 0.317. The van der Waals surface area contributed by atoms with Gasteiger partial charge < -0.3 is 9.88 Å². The third-order valence-corrected chi connectivity index (χ3v) is 4.40. The van der Waals surface area contributed by atoms with E-state index in [1.54, 1.807) is 0 Å². The van der Waals surface area contributed by atoms with Crippen LogP contribution in [-0.2, 0) is 0 Å². The summed E-state index contributed by atoms with van der Waals surface area (Å²) in [6.07, 6.45) is 7.21. The summed E-state index contributed by atoms with van der Waals surface area (Å²) in [5, 5.41) is 3.38. The monoisotopic (exact) mass is 262 g/mol. The first-order valence-corrected chi connectivity index (χ1v) is 7.67. The van der Waals surface area contributed by atoms with E-state index in [1.165, 1.54) is 0 Å². The molecule has 106 valence electrons. The van der Waals surface area contributed by atoms with Crippen LogP contribution in [0.1, 0.15) is 62.5 Å². The molecule has 3 nitrogen and oxygen atoms in total. The van der Waals surface area contributed by atoms with Gasteiger partial charge in [-0.05, 0) is 44.0 Å². The molecule has 0 radical (unpaired) electrons. The number of nitrogens with zero attached hydrogens (tertiary/aromatic N) is 1. The first kappa shape index (κ1) is 14.3. The summed E-state index contributed by atoms with van der Waals surface area (Å²) in [7, 11) is 0. The van der Waals surface area contributed by atoms with Crippen molar-refractivity contribution in [1.82, 2.24) is 9.88 Å². The summed E-state index contributed by atoms with van der Waals surface area (Å²) < 4.78 is 2.21. The van der Waals surface area contributed by atoms with Crippen molar-refractivity contribution in [2.45, 2.75) is 52.0 Å². The van der Waals surface area contributed by atoms with Crippen molar-refractivity contribution < 1.29 is 4.79 Å². The Balaban J connectivity index is 2.07.